The maximum absolute atomic E-state index is 4.87. The lowest BCUT2D eigenvalue weighted by Crippen LogP contribution is -2.31. The number of hydrogen-bond donors (Lipinski definition) is 0. The molecule has 3 heteroatoms. The third kappa shape index (κ3) is 8.34. The van der Waals surface area contributed by atoms with E-state index in [1.165, 1.54) is 16.7 Å². The Hall–Kier alpha value is -6.32. The van der Waals surface area contributed by atoms with Crippen LogP contribution < -0.4 is 4.90 Å². The van der Waals surface area contributed by atoms with Crippen molar-refractivity contribution in [3.05, 3.63) is 222 Å². The van der Waals surface area contributed by atoms with E-state index in [0.717, 1.165) is 57.6 Å². The predicted molar refractivity (Wildman–Crippen MR) is 225 cm³/mol. The van der Waals surface area contributed by atoms with Crippen LogP contribution in [0.15, 0.2) is 199 Å². The highest BCUT2D eigenvalue weighted by molar-refractivity contribution is 6.08. The van der Waals surface area contributed by atoms with Gasteiger partial charge in [0.15, 0.2) is 5.84 Å². The van der Waals surface area contributed by atoms with Crippen LogP contribution in [0.4, 0.5) is 11.4 Å². The normalized spacial score (nSPS) is 14.8. The van der Waals surface area contributed by atoms with Gasteiger partial charge in [-0.05, 0) is 96.6 Å². The summed E-state index contributed by atoms with van der Waals surface area (Å²) in [5.41, 5.74) is 13.2. The number of amidine groups is 1. The average Bonchev–Trinajstić information content (AvgIpc) is 3.18. The molecule has 0 saturated carbocycles. The van der Waals surface area contributed by atoms with Crippen molar-refractivity contribution < 1.29 is 0 Å². The Morgan fingerprint density at radius 2 is 1.42 bits per heavy atom. The number of rotatable bonds is 12. The van der Waals surface area contributed by atoms with Crippen LogP contribution in [0.5, 0.6) is 0 Å². The summed E-state index contributed by atoms with van der Waals surface area (Å²) in [7, 11) is 0. The zero-order chi connectivity index (χ0) is 36.3. The lowest BCUT2D eigenvalue weighted by Gasteiger charge is -2.35. The minimum Gasteiger partial charge on any atom is -0.334 e. The fraction of sp³-hybridized carbons (Fsp3) is 0.102. The van der Waals surface area contributed by atoms with Crippen molar-refractivity contribution in [2.75, 3.05) is 4.90 Å². The second-order valence-electron chi connectivity index (χ2n) is 12.9. The van der Waals surface area contributed by atoms with Gasteiger partial charge in [-0.3, -0.25) is 0 Å². The second kappa shape index (κ2) is 17.1. The number of para-hydroxylation sites is 1. The molecule has 1 aliphatic carbocycles. The Labute approximate surface area is 309 Å². The highest BCUT2D eigenvalue weighted by Gasteiger charge is 2.25. The van der Waals surface area contributed by atoms with Gasteiger partial charge >= 0.3 is 0 Å². The van der Waals surface area contributed by atoms with Gasteiger partial charge in [-0.2, -0.15) is 0 Å². The van der Waals surface area contributed by atoms with Gasteiger partial charge in [0.25, 0.3) is 0 Å². The number of allylic oxidation sites excluding steroid dienone is 7. The van der Waals surface area contributed by atoms with Crippen LogP contribution in [0.2, 0.25) is 0 Å². The van der Waals surface area contributed by atoms with E-state index in [0.29, 0.717) is 11.5 Å². The molecule has 52 heavy (non-hydrogen) atoms. The maximum Gasteiger partial charge on any atom is 0.159 e. The molecule has 0 saturated heterocycles. The van der Waals surface area contributed by atoms with Crippen molar-refractivity contribution in [2.45, 2.75) is 32.7 Å². The summed E-state index contributed by atoms with van der Waals surface area (Å²) in [5.74, 6) is 0.564. The number of hydrogen-bond acceptors (Lipinski definition) is 2. The van der Waals surface area contributed by atoms with E-state index in [2.05, 4.69) is 177 Å². The van der Waals surface area contributed by atoms with Gasteiger partial charge < -0.3 is 4.90 Å². The van der Waals surface area contributed by atoms with Gasteiger partial charge in [0, 0.05) is 16.9 Å². The highest BCUT2D eigenvalue weighted by Crippen LogP contribution is 2.38. The SMILES string of the molecule is C=C/C=C(\C=C/Cc1ccccc1)c1ccc(N(c2ccccc2)C2C=CC(c3c(C)cccc3/C(N=C)=N/C(=C)c3ccccc3)=C(C)C2)cc1. The smallest absolute Gasteiger partial charge is 0.159 e. The maximum atomic E-state index is 4.87. The van der Waals surface area contributed by atoms with E-state index >= 15 is 0 Å². The number of benzene rings is 5. The first-order valence-electron chi connectivity index (χ1n) is 17.7. The molecule has 0 amide bonds. The molecule has 5 aromatic carbocycles. The summed E-state index contributed by atoms with van der Waals surface area (Å²) in [6.07, 6.45) is 14.7. The topological polar surface area (TPSA) is 28.0 Å². The molecule has 6 rings (SSSR count). The predicted octanol–water partition coefficient (Wildman–Crippen LogP) is 12.4. The van der Waals surface area contributed by atoms with Crippen LogP contribution in [0, 0.1) is 6.92 Å². The van der Waals surface area contributed by atoms with Gasteiger partial charge in [-0.25, -0.2) is 9.98 Å². The summed E-state index contributed by atoms with van der Waals surface area (Å²) in [5, 5.41) is 0. The highest BCUT2D eigenvalue weighted by atomic mass is 15.2. The third-order valence-corrected chi connectivity index (χ3v) is 9.38. The Bertz CT molecular complexity index is 2180. The number of anilines is 2. The molecule has 0 spiro atoms. The molecule has 0 N–H and O–H groups in total. The van der Waals surface area contributed by atoms with Crippen LogP contribution in [0.25, 0.3) is 16.8 Å². The lowest BCUT2D eigenvalue weighted by molar-refractivity contribution is 0.760. The van der Waals surface area contributed by atoms with E-state index in [-0.39, 0.29) is 6.04 Å². The van der Waals surface area contributed by atoms with E-state index in [9.17, 15) is 0 Å². The molecule has 1 atom stereocenters. The minimum atomic E-state index is 0.113. The van der Waals surface area contributed by atoms with Crippen molar-refractivity contribution in [1.82, 2.24) is 0 Å². The van der Waals surface area contributed by atoms with E-state index in [4.69, 9.17) is 4.99 Å². The molecule has 0 aliphatic heterocycles. The van der Waals surface area contributed by atoms with E-state index in [1.807, 2.05) is 36.4 Å². The van der Waals surface area contributed by atoms with Crippen molar-refractivity contribution in [2.24, 2.45) is 9.98 Å². The van der Waals surface area contributed by atoms with Crippen LogP contribution in [-0.4, -0.2) is 18.6 Å². The van der Waals surface area contributed by atoms with E-state index < -0.39 is 0 Å². The Morgan fingerprint density at radius 3 is 2.08 bits per heavy atom. The van der Waals surface area contributed by atoms with Crippen molar-refractivity contribution in [3.63, 3.8) is 0 Å². The molecule has 0 bridgehead atoms. The standard InChI is InChI=1S/C49H45N3/c1-6-18-41(25-17-22-39-20-10-7-11-21-39)42-29-31-44(32-30-42)52(43-26-14-9-15-27-43)45-33-34-46(37(3)35-45)48-36(2)19-16-28-47(48)49(50-5)51-38(4)40-23-12-8-13-24-40/h6-21,23-34,45H,1,4-5,22,35H2,2-3H3/b25-17-,41-18+,51-49-. The number of nitrogens with zero attached hydrogens (tertiary/aromatic N) is 3. The quantitative estimate of drug-likeness (QED) is 0.0735. The first kappa shape index (κ1) is 35.5. The average molecular weight is 676 g/mol. The molecular weight excluding hydrogens is 631 g/mol. The molecule has 0 heterocycles. The van der Waals surface area contributed by atoms with E-state index in [1.54, 1.807) is 0 Å². The van der Waals surface area contributed by atoms with Crippen LogP contribution >= 0.6 is 0 Å². The molecule has 1 unspecified atom stereocenters. The van der Waals surface area contributed by atoms with Gasteiger partial charge in [0.2, 0.25) is 0 Å². The first-order valence-corrected chi connectivity index (χ1v) is 17.7. The van der Waals surface area contributed by atoms with Crippen molar-refractivity contribution >= 4 is 40.8 Å². The molecule has 256 valence electrons. The second-order valence-corrected chi connectivity index (χ2v) is 12.9. The van der Waals surface area contributed by atoms with Crippen LogP contribution in [0.3, 0.4) is 0 Å². The summed E-state index contributed by atoms with van der Waals surface area (Å²) in [4.78, 5) is 11.7. The summed E-state index contributed by atoms with van der Waals surface area (Å²) in [6.45, 7) is 16.5. The minimum absolute atomic E-state index is 0.113. The fourth-order valence-corrected chi connectivity index (χ4v) is 6.78. The molecule has 1 aliphatic rings. The zero-order valence-corrected chi connectivity index (χ0v) is 30.1. The van der Waals surface area contributed by atoms with Crippen LogP contribution in [-0.2, 0) is 6.42 Å². The molecule has 0 radical (unpaired) electrons. The third-order valence-electron chi connectivity index (χ3n) is 9.38. The monoisotopic (exact) mass is 675 g/mol. The van der Waals surface area contributed by atoms with Gasteiger partial charge in [0.1, 0.15) is 0 Å². The zero-order valence-electron chi connectivity index (χ0n) is 30.1. The molecule has 0 aromatic heterocycles. The van der Waals surface area contributed by atoms with Crippen molar-refractivity contribution in [3.8, 4) is 0 Å². The molecule has 3 nitrogen and oxygen atoms in total. The van der Waals surface area contributed by atoms with Crippen LogP contribution in [0.1, 0.15) is 46.7 Å². The number of aryl methyl sites for hydroxylation is 1. The molecular formula is C49H45N3. The summed E-state index contributed by atoms with van der Waals surface area (Å²) >= 11 is 0. The number of aliphatic imine (C=N–C) groups is 2. The van der Waals surface area contributed by atoms with Gasteiger partial charge in [0.05, 0.1) is 11.7 Å². The Kier molecular flexibility index (Phi) is 11.7. The summed E-state index contributed by atoms with van der Waals surface area (Å²) < 4.78 is 0. The van der Waals surface area contributed by atoms with Crippen molar-refractivity contribution in [1.29, 1.82) is 0 Å². The molecule has 5 aromatic rings. The molecule has 0 fully saturated rings. The first-order chi connectivity index (χ1) is 25.5. The van der Waals surface area contributed by atoms with Gasteiger partial charge in [-0.1, -0.05) is 164 Å². The Balaban J connectivity index is 1.30. The Morgan fingerprint density at radius 1 is 0.769 bits per heavy atom. The largest absolute Gasteiger partial charge is 0.334 e. The summed E-state index contributed by atoms with van der Waals surface area (Å²) in [6, 6.07) is 46.4. The lowest BCUT2D eigenvalue weighted by atomic mass is 9.85. The van der Waals surface area contributed by atoms with Gasteiger partial charge in [-0.15, -0.1) is 0 Å². The fourth-order valence-electron chi connectivity index (χ4n) is 6.78.